The molecule has 2 N–H and O–H groups in total. The van der Waals surface area contributed by atoms with Gasteiger partial charge >= 0.3 is 0 Å². The fourth-order valence-electron chi connectivity index (χ4n) is 5.09. The minimum atomic E-state index is -0.484. The van der Waals surface area contributed by atoms with E-state index in [1.165, 1.54) is 24.2 Å². The highest BCUT2D eigenvalue weighted by Crippen LogP contribution is 2.44. The number of rotatable bonds is 8. The average Bonchev–Trinajstić information content (AvgIpc) is 3.25. The van der Waals surface area contributed by atoms with Gasteiger partial charge in [0.15, 0.2) is 0 Å². The van der Waals surface area contributed by atoms with Crippen LogP contribution in [0.3, 0.4) is 0 Å². The largest absolute Gasteiger partial charge is 0.474 e. The molecule has 2 aliphatic carbocycles. The number of pyridine rings is 1. The van der Waals surface area contributed by atoms with E-state index < -0.39 is 6.04 Å². The third kappa shape index (κ3) is 5.82. The van der Waals surface area contributed by atoms with Gasteiger partial charge in [0.1, 0.15) is 18.3 Å². The van der Waals surface area contributed by atoms with E-state index in [1.807, 2.05) is 18.2 Å². The van der Waals surface area contributed by atoms with Crippen molar-refractivity contribution in [2.75, 3.05) is 18.1 Å². The molecule has 3 aliphatic rings. The zero-order valence-electron chi connectivity index (χ0n) is 20.3. The molecule has 5 rings (SSSR count). The van der Waals surface area contributed by atoms with Crippen LogP contribution in [0.5, 0.6) is 5.88 Å². The Balaban J connectivity index is 1.24. The fraction of sp³-hybridized carbons (Fsp3) is 0.577. The van der Waals surface area contributed by atoms with Gasteiger partial charge in [0.25, 0.3) is 5.91 Å². The monoisotopic (exact) mass is 560 g/mol. The van der Waals surface area contributed by atoms with Crippen molar-refractivity contribution in [3.8, 4) is 5.88 Å². The van der Waals surface area contributed by atoms with Gasteiger partial charge < -0.3 is 20.3 Å². The number of halogens is 1. The normalized spacial score (nSPS) is 21.7. The van der Waals surface area contributed by atoms with Crippen LogP contribution in [0.4, 0.5) is 5.69 Å². The van der Waals surface area contributed by atoms with Crippen molar-refractivity contribution in [3.63, 3.8) is 0 Å². The molecule has 9 heteroatoms. The lowest BCUT2D eigenvalue weighted by molar-refractivity contribution is -0.123. The van der Waals surface area contributed by atoms with Gasteiger partial charge in [-0.25, -0.2) is 4.98 Å². The standard InChI is InChI=1S/C26H33BrN4O3S/c1-26(2)13-22(26)30-23(32)19(11-16-5-3-4-6-16)29-24(33)21-8-7-18(35-21)15-31-9-10-34-25-20(31)12-17(27)14-28-25/h7-8,12,14,16,19,22H,3-6,9-11,13,15H2,1-2H3,(H,29,33)(H,30,32)/t19-,22?/m0/s1. The first-order valence-electron chi connectivity index (χ1n) is 12.5. The maximum atomic E-state index is 13.2. The van der Waals surface area contributed by atoms with Gasteiger partial charge in [-0.3, -0.25) is 9.59 Å². The van der Waals surface area contributed by atoms with Gasteiger partial charge in [-0.05, 0) is 58.3 Å². The quantitative estimate of drug-likeness (QED) is 0.479. The predicted octanol–water partition coefficient (Wildman–Crippen LogP) is 4.90. The number of nitrogens with zero attached hydrogens (tertiary/aromatic N) is 2. The molecule has 2 fully saturated rings. The van der Waals surface area contributed by atoms with Gasteiger partial charge in [0.05, 0.1) is 18.0 Å². The first-order valence-corrected chi connectivity index (χ1v) is 14.1. The highest BCUT2D eigenvalue weighted by atomic mass is 79.9. The van der Waals surface area contributed by atoms with Crippen molar-refractivity contribution in [1.82, 2.24) is 15.6 Å². The van der Waals surface area contributed by atoms with Crippen LogP contribution < -0.4 is 20.3 Å². The topological polar surface area (TPSA) is 83.6 Å². The molecule has 0 bridgehead atoms. The van der Waals surface area contributed by atoms with Crippen LogP contribution in [-0.2, 0) is 11.3 Å². The summed E-state index contributed by atoms with van der Waals surface area (Å²) in [5.41, 5.74) is 1.10. The molecule has 2 atom stereocenters. The van der Waals surface area contributed by atoms with Crippen LogP contribution in [0.25, 0.3) is 0 Å². The molecule has 0 saturated heterocycles. The van der Waals surface area contributed by atoms with Gasteiger partial charge in [-0.2, -0.15) is 0 Å². The molecule has 2 aromatic rings. The van der Waals surface area contributed by atoms with Crippen molar-refractivity contribution in [2.24, 2.45) is 11.3 Å². The Morgan fingerprint density at radius 3 is 2.83 bits per heavy atom. The number of ether oxygens (including phenoxy) is 1. The minimum absolute atomic E-state index is 0.0411. The number of anilines is 1. The molecule has 7 nitrogen and oxygen atoms in total. The molecular weight excluding hydrogens is 528 g/mol. The second-order valence-electron chi connectivity index (χ2n) is 10.7. The SMILES string of the molecule is CC1(C)CC1NC(=O)[C@H](CC1CCCC1)NC(=O)c1ccc(CN2CCOc3ncc(Br)cc32)s1. The second kappa shape index (κ2) is 10.1. The molecule has 2 amide bonds. The minimum Gasteiger partial charge on any atom is -0.474 e. The zero-order valence-corrected chi connectivity index (χ0v) is 22.7. The fourth-order valence-corrected chi connectivity index (χ4v) is 6.34. The Hall–Kier alpha value is -2.13. The molecule has 2 saturated carbocycles. The molecule has 35 heavy (non-hydrogen) atoms. The summed E-state index contributed by atoms with van der Waals surface area (Å²) in [6.45, 7) is 6.34. The van der Waals surface area contributed by atoms with Crippen molar-refractivity contribution >= 4 is 44.8 Å². The van der Waals surface area contributed by atoms with E-state index in [0.717, 1.165) is 47.3 Å². The summed E-state index contributed by atoms with van der Waals surface area (Å²) in [6.07, 6.45) is 8.16. The van der Waals surface area contributed by atoms with Gasteiger partial charge in [-0.1, -0.05) is 39.5 Å². The Bertz CT molecular complexity index is 1100. The summed E-state index contributed by atoms with van der Waals surface area (Å²) in [5, 5.41) is 6.24. The van der Waals surface area contributed by atoms with Crippen LogP contribution in [0.15, 0.2) is 28.9 Å². The third-order valence-corrected chi connectivity index (χ3v) is 8.97. The molecule has 1 unspecified atom stereocenters. The summed E-state index contributed by atoms with van der Waals surface area (Å²) in [7, 11) is 0. The number of nitrogens with one attached hydrogen (secondary N) is 2. The van der Waals surface area contributed by atoms with Crippen molar-refractivity contribution in [2.45, 2.75) is 71.0 Å². The first kappa shape index (κ1) is 24.6. The van der Waals surface area contributed by atoms with Gasteiger partial charge in [-0.15, -0.1) is 11.3 Å². The molecule has 0 aromatic carbocycles. The number of hydrogen-bond acceptors (Lipinski definition) is 6. The Labute approximate surface area is 219 Å². The van der Waals surface area contributed by atoms with Crippen molar-refractivity contribution in [1.29, 1.82) is 0 Å². The summed E-state index contributed by atoms with van der Waals surface area (Å²) in [4.78, 5) is 34.6. The summed E-state index contributed by atoms with van der Waals surface area (Å²) >= 11 is 4.97. The Morgan fingerprint density at radius 2 is 2.09 bits per heavy atom. The van der Waals surface area contributed by atoms with E-state index in [1.54, 1.807) is 6.20 Å². The number of carbonyl (C=O) groups excluding carboxylic acids is 2. The maximum absolute atomic E-state index is 13.2. The summed E-state index contributed by atoms with van der Waals surface area (Å²) < 4.78 is 6.58. The van der Waals surface area contributed by atoms with Crippen LogP contribution in [-0.4, -0.2) is 42.0 Å². The Morgan fingerprint density at radius 1 is 1.31 bits per heavy atom. The van der Waals surface area contributed by atoms with E-state index in [9.17, 15) is 9.59 Å². The lowest BCUT2D eigenvalue weighted by Crippen LogP contribution is -2.48. The predicted molar refractivity (Wildman–Crippen MR) is 141 cm³/mol. The molecule has 188 valence electrons. The maximum Gasteiger partial charge on any atom is 0.262 e. The average molecular weight is 562 g/mol. The summed E-state index contributed by atoms with van der Waals surface area (Å²) in [6, 6.07) is 5.60. The van der Waals surface area contributed by atoms with E-state index >= 15 is 0 Å². The smallest absolute Gasteiger partial charge is 0.262 e. The Kier molecular flexibility index (Phi) is 7.08. The van der Waals surface area contributed by atoms with E-state index in [4.69, 9.17) is 4.74 Å². The van der Waals surface area contributed by atoms with Gasteiger partial charge in [0, 0.05) is 21.6 Å². The molecule has 3 heterocycles. The molecule has 2 aromatic heterocycles. The van der Waals surface area contributed by atoms with Crippen LogP contribution >= 0.6 is 27.3 Å². The van der Waals surface area contributed by atoms with Crippen molar-refractivity contribution in [3.05, 3.63) is 38.6 Å². The molecule has 1 aliphatic heterocycles. The lowest BCUT2D eigenvalue weighted by atomic mass is 9.97. The number of hydrogen-bond donors (Lipinski definition) is 2. The number of amides is 2. The molecule has 0 spiro atoms. The zero-order chi connectivity index (χ0) is 24.6. The number of aromatic nitrogens is 1. The number of thiophene rings is 1. The van der Waals surface area contributed by atoms with Crippen molar-refractivity contribution < 1.29 is 14.3 Å². The summed E-state index contributed by atoms with van der Waals surface area (Å²) in [5.74, 6) is 0.932. The van der Waals surface area contributed by atoms with Gasteiger partial charge in [0.2, 0.25) is 11.8 Å². The second-order valence-corrected chi connectivity index (χ2v) is 12.8. The first-order chi connectivity index (χ1) is 16.8. The van der Waals surface area contributed by atoms with Crippen LogP contribution in [0.2, 0.25) is 0 Å². The lowest BCUT2D eigenvalue weighted by Gasteiger charge is -2.30. The highest BCUT2D eigenvalue weighted by Gasteiger charge is 2.47. The van der Waals surface area contributed by atoms with Crippen LogP contribution in [0.1, 0.15) is 66.9 Å². The third-order valence-electron chi connectivity index (χ3n) is 7.47. The van der Waals surface area contributed by atoms with E-state index in [0.29, 0.717) is 29.8 Å². The molecule has 0 radical (unpaired) electrons. The van der Waals surface area contributed by atoms with E-state index in [-0.39, 0.29) is 23.3 Å². The van der Waals surface area contributed by atoms with Crippen LogP contribution in [0, 0.1) is 11.3 Å². The highest BCUT2D eigenvalue weighted by molar-refractivity contribution is 9.10. The number of carbonyl (C=O) groups is 2. The molecular formula is C26H33BrN4O3S. The number of fused-ring (bicyclic) bond motifs is 1. The van der Waals surface area contributed by atoms with E-state index in [2.05, 4.69) is 50.3 Å².